The summed E-state index contributed by atoms with van der Waals surface area (Å²) in [5.74, 6) is -3.51. The van der Waals surface area contributed by atoms with E-state index in [1.165, 1.54) is 12.1 Å². The van der Waals surface area contributed by atoms with Gasteiger partial charge in [-0.15, -0.1) is 0 Å². The molecule has 0 unspecified atom stereocenters. The van der Waals surface area contributed by atoms with Gasteiger partial charge in [0.25, 0.3) is 0 Å². The fraction of sp³-hybridized carbons (Fsp3) is 0.375. The third kappa shape index (κ3) is 5.50. The molecule has 2 aromatic rings. The quantitative estimate of drug-likeness (QED) is 0.350. The van der Waals surface area contributed by atoms with Crippen molar-refractivity contribution in [1.82, 2.24) is 0 Å². The summed E-state index contributed by atoms with van der Waals surface area (Å²) in [6, 6.07) is 12.2. The van der Waals surface area contributed by atoms with E-state index < -0.39 is 27.0 Å². The lowest BCUT2D eigenvalue weighted by Gasteiger charge is -2.36. The summed E-state index contributed by atoms with van der Waals surface area (Å²) in [7, 11) is -3.77. The number of fused-ring (bicyclic) bond motifs is 1. The maximum Gasteiger partial charge on any atom is 0.368 e. The highest BCUT2D eigenvalue weighted by Crippen LogP contribution is 2.46. The molecule has 0 saturated carbocycles. The van der Waals surface area contributed by atoms with Gasteiger partial charge in [0.1, 0.15) is 12.0 Å². The van der Waals surface area contributed by atoms with Crippen LogP contribution in [0.3, 0.4) is 0 Å². The molecule has 0 aromatic heterocycles. The lowest BCUT2D eigenvalue weighted by atomic mass is 9.81. The van der Waals surface area contributed by atoms with E-state index in [-0.39, 0.29) is 21.4 Å². The van der Waals surface area contributed by atoms with Crippen LogP contribution >= 0.6 is 11.6 Å². The maximum atomic E-state index is 13.6. The number of aliphatic carboxylic acids is 1. The van der Waals surface area contributed by atoms with Gasteiger partial charge in [-0.1, -0.05) is 56.5 Å². The molecule has 33 heavy (non-hydrogen) atoms. The summed E-state index contributed by atoms with van der Waals surface area (Å²) in [6.07, 6.45) is 3.67. The molecule has 2 aromatic carbocycles. The highest BCUT2D eigenvalue weighted by Gasteiger charge is 2.41. The topological polar surface area (TPSA) is 83.9 Å². The minimum Gasteiger partial charge on any atom is -0.476 e. The lowest BCUT2D eigenvalue weighted by molar-refractivity contribution is -0.134. The number of carboxylic acids is 1. The number of halogens is 2. The van der Waals surface area contributed by atoms with E-state index >= 15 is 0 Å². The average molecular weight is 496 g/mol. The number of carboxylic acid groups (broad SMARTS) is 1. The highest BCUT2D eigenvalue weighted by molar-refractivity contribution is 7.91. The Morgan fingerprint density at radius 2 is 1.97 bits per heavy atom. The molecule has 1 N–H and O–H groups in total. The summed E-state index contributed by atoms with van der Waals surface area (Å²) >= 11 is 6.37. The summed E-state index contributed by atoms with van der Waals surface area (Å²) in [6.45, 7) is 4.57. The second-order valence-electron chi connectivity index (χ2n) is 8.28. The molecule has 0 radical (unpaired) electrons. The summed E-state index contributed by atoms with van der Waals surface area (Å²) in [5.41, 5.74) is 0.756. The number of hydrogen-bond donors (Lipinski definition) is 1. The first-order chi connectivity index (χ1) is 15.6. The monoisotopic (exact) mass is 495 g/mol. The van der Waals surface area contributed by atoms with Crippen LogP contribution in [0.4, 0.5) is 15.8 Å². The number of nitrogens with zero attached hydrogens (tertiary/aromatic N) is 1. The number of rotatable bonds is 8. The van der Waals surface area contributed by atoms with Crippen molar-refractivity contribution in [3.05, 3.63) is 59.6 Å². The van der Waals surface area contributed by atoms with Gasteiger partial charge in [-0.25, -0.2) is 13.2 Å². The number of unbranched alkanes of at least 4 members (excludes halogenated alkanes) is 1. The predicted octanol–water partition coefficient (Wildman–Crippen LogP) is 6.13. The molecular weight excluding hydrogens is 469 g/mol. The van der Waals surface area contributed by atoms with Crippen LogP contribution in [0, 0.1) is 5.41 Å². The zero-order valence-corrected chi connectivity index (χ0v) is 20.1. The number of hydrogen-bond acceptors (Lipinski definition) is 5. The summed E-state index contributed by atoms with van der Waals surface area (Å²) in [5, 5.41) is 8.74. The van der Waals surface area contributed by atoms with Crippen molar-refractivity contribution in [2.24, 2.45) is 5.41 Å². The number of sulfone groups is 1. The Kier molecular flexibility index (Phi) is 7.69. The van der Waals surface area contributed by atoms with E-state index in [4.69, 9.17) is 21.4 Å². The van der Waals surface area contributed by atoms with Gasteiger partial charge in [-0.3, -0.25) is 0 Å². The van der Waals surface area contributed by atoms with Crippen LogP contribution < -0.4 is 9.64 Å². The molecule has 0 amide bonds. The smallest absolute Gasteiger partial charge is 0.368 e. The van der Waals surface area contributed by atoms with Crippen LogP contribution in [0.25, 0.3) is 0 Å². The van der Waals surface area contributed by atoms with E-state index in [0.29, 0.717) is 24.9 Å². The Bertz CT molecular complexity index is 1150. The largest absolute Gasteiger partial charge is 0.476 e. The van der Waals surface area contributed by atoms with Crippen molar-refractivity contribution >= 4 is 38.8 Å². The van der Waals surface area contributed by atoms with Crippen LogP contribution in [-0.4, -0.2) is 31.8 Å². The third-order valence-electron chi connectivity index (χ3n) is 6.00. The van der Waals surface area contributed by atoms with Gasteiger partial charge in [0.2, 0.25) is 5.83 Å². The second-order valence-corrected chi connectivity index (χ2v) is 10.6. The van der Waals surface area contributed by atoms with Crippen molar-refractivity contribution in [2.75, 3.05) is 17.2 Å². The molecule has 1 atom stereocenters. The second kappa shape index (κ2) is 10.1. The Morgan fingerprint density at radius 3 is 2.58 bits per heavy atom. The van der Waals surface area contributed by atoms with Gasteiger partial charge >= 0.3 is 5.97 Å². The number of para-hydroxylation sites is 1. The van der Waals surface area contributed by atoms with Crippen molar-refractivity contribution in [3.8, 4) is 5.75 Å². The van der Waals surface area contributed by atoms with E-state index in [1.54, 1.807) is 0 Å². The van der Waals surface area contributed by atoms with Gasteiger partial charge in [-0.05, 0) is 31.0 Å². The number of anilines is 2. The zero-order valence-electron chi connectivity index (χ0n) is 18.6. The Morgan fingerprint density at radius 1 is 1.27 bits per heavy atom. The number of benzene rings is 2. The first-order valence-electron chi connectivity index (χ1n) is 10.8. The van der Waals surface area contributed by atoms with Crippen LogP contribution in [-0.2, 0) is 14.6 Å². The summed E-state index contributed by atoms with van der Waals surface area (Å²) in [4.78, 5) is 12.7. The average Bonchev–Trinajstić information content (AvgIpc) is 2.88. The molecule has 1 aliphatic rings. The first-order valence-corrected chi connectivity index (χ1v) is 12.8. The third-order valence-corrected chi connectivity index (χ3v) is 8.29. The van der Waals surface area contributed by atoms with Gasteiger partial charge in [-0.2, -0.15) is 4.39 Å². The van der Waals surface area contributed by atoms with Crippen molar-refractivity contribution < 1.29 is 27.4 Å². The molecule has 6 nitrogen and oxygen atoms in total. The molecule has 178 valence electrons. The Labute approximate surface area is 198 Å². The van der Waals surface area contributed by atoms with E-state index in [9.17, 15) is 17.6 Å². The van der Waals surface area contributed by atoms with E-state index in [0.717, 1.165) is 24.9 Å². The van der Waals surface area contributed by atoms with Crippen LogP contribution in [0.15, 0.2) is 59.4 Å². The zero-order chi connectivity index (χ0) is 24.2. The number of carbonyl (C=O) groups is 1. The molecule has 3 rings (SSSR count). The Hall–Kier alpha value is -2.58. The van der Waals surface area contributed by atoms with E-state index in [2.05, 4.69) is 6.92 Å². The van der Waals surface area contributed by atoms with Crippen LogP contribution in [0.2, 0.25) is 5.02 Å². The van der Waals surface area contributed by atoms with Crippen LogP contribution in [0.1, 0.15) is 39.5 Å². The summed E-state index contributed by atoms with van der Waals surface area (Å²) < 4.78 is 45.7. The Balaban J connectivity index is 2.20. The fourth-order valence-electron chi connectivity index (χ4n) is 4.12. The molecule has 0 fully saturated rings. The highest BCUT2D eigenvalue weighted by atomic mass is 35.5. The van der Waals surface area contributed by atoms with Gasteiger partial charge in [0.15, 0.2) is 9.84 Å². The molecular formula is C24H27ClFNO5S. The molecule has 1 aliphatic heterocycles. The first kappa shape index (κ1) is 25.1. The van der Waals surface area contributed by atoms with Crippen molar-refractivity contribution in [1.29, 1.82) is 0 Å². The molecule has 1 heterocycles. The number of ether oxygens (including phenoxy) is 1. The van der Waals surface area contributed by atoms with Crippen molar-refractivity contribution in [2.45, 2.75) is 44.4 Å². The van der Waals surface area contributed by atoms with Gasteiger partial charge in [0, 0.05) is 23.7 Å². The SMILES string of the molecule is CCCC[C@]1(CC)CN(c2ccccc2)c2cc(Cl)c(O/C=C(\F)C(=O)O)cc2S(=O)(=O)C1. The molecule has 0 saturated heterocycles. The minimum atomic E-state index is -3.77. The van der Waals surface area contributed by atoms with E-state index in [1.807, 2.05) is 42.2 Å². The molecule has 0 spiro atoms. The minimum absolute atomic E-state index is 0.0155. The normalized spacial score (nSPS) is 20.1. The fourth-order valence-corrected chi connectivity index (χ4v) is 6.50. The standard InChI is InChI=1S/C24H27ClFNO5S/c1-3-5-11-24(4-2)15-27(17-9-7-6-8-10-17)20-12-18(25)21(32-14-19(26)23(28)29)13-22(20)33(30,31)16-24/h6-10,12-14H,3-5,11,15-16H2,1-2H3,(H,28,29)/b19-14-/t24-/m1/s1. The van der Waals surface area contributed by atoms with Crippen LogP contribution in [0.5, 0.6) is 5.75 Å². The van der Waals surface area contributed by atoms with Gasteiger partial charge < -0.3 is 14.7 Å². The maximum absolute atomic E-state index is 13.6. The molecule has 0 aliphatic carbocycles. The molecule has 9 heteroatoms. The predicted molar refractivity (Wildman–Crippen MR) is 127 cm³/mol. The van der Waals surface area contributed by atoms with Gasteiger partial charge in [0.05, 0.1) is 21.4 Å². The lowest BCUT2D eigenvalue weighted by Crippen LogP contribution is -2.37. The van der Waals surface area contributed by atoms with Crippen molar-refractivity contribution in [3.63, 3.8) is 0 Å². The molecule has 0 bridgehead atoms.